The van der Waals surface area contributed by atoms with Crippen molar-refractivity contribution in [1.29, 1.82) is 0 Å². The molecule has 8 heteroatoms. The first-order valence-corrected chi connectivity index (χ1v) is 11.3. The molecule has 2 aromatic rings. The third-order valence-corrected chi connectivity index (χ3v) is 6.44. The molecule has 1 saturated carbocycles. The van der Waals surface area contributed by atoms with Crippen molar-refractivity contribution >= 4 is 17.5 Å². The van der Waals surface area contributed by atoms with Crippen LogP contribution < -0.4 is 10.1 Å². The van der Waals surface area contributed by atoms with Crippen molar-refractivity contribution in [3.05, 3.63) is 54.1 Å². The summed E-state index contributed by atoms with van der Waals surface area (Å²) in [5.41, 5.74) is -0.305. The highest BCUT2D eigenvalue weighted by Crippen LogP contribution is 2.34. The first kappa shape index (κ1) is 23.1. The molecular weight excluding hydrogens is 433 g/mol. The summed E-state index contributed by atoms with van der Waals surface area (Å²) in [5, 5.41) is 2.89. The first-order valence-electron chi connectivity index (χ1n) is 11.3. The number of nitrogens with one attached hydrogen (secondary N) is 1. The number of halogens is 3. The number of anilines is 1. The molecule has 0 atom stereocenters. The Morgan fingerprint density at radius 1 is 0.879 bits per heavy atom. The van der Waals surface area contributed by atoms with Gasteiger partial charge in [0.1, 0.15) is 5.75 Å². The molecule has 4 rings (SSSR count). The van der Waals surface area contributed by atoms with Crippen LogP contribution in [-0.2, 0) is 15.8 Å². The lowest BCUT2D eigenvalue weighted by Gasteiger charge is -2.33. The average molecular weight is 460 g/mol. The molecule has 0 spiro atoms. The van der Waals surface area contributed by atoms with Crippen molar-refractivity contribution in [2.24, 2.45) is 11.8 Å². The standard InChI is InChI=1S/C25H27F3N2O3/c26-25(27,28)19-9-11-20(12-10-19)33-22-8-4-3-7-21(22)29-23(31)17-13-15-30(16-14-17)24(32)18-5-1-2-6-18/h3-4,7-12,17-18H,1-2,5-6,13-16H2,(H,29,31). The third-order valence-electron chi connectivity index (χ3n) is 6.44. The highest BCUT2D eigenvalue weighted by atomic mass is 19.4. The van der Waals surface area contributed by atoms with Gasteiger partial charge in [0, 0.05) is 24.9 Å². The Kier molecular flexibility index (Phi) is 6.91. The number of carbonyl (C=O) groups excluding carboxylic acids is 2. The zero-order valence-electron chi connectivity index (χ0n) is 18.2. The Bertz CT molecular complexity index is 977. The number of benzene rings is 2. The molecule has 2 aliphatic rings. The van der Waals surface area contributed by atoms with E-state index < -0.39 is 11.7 Å². The molecule has 0 unspecified atom stereocenters. The fraction of sp³-hybridized carbons (Fsp3) is 0.440. The van der Waals surface area contributed by atoms with E-state index in [0.717, 1.165) is 37.8 Å². The molecule has 5 nitrogen and oxygen atoms in total. The predicted octanol–water partition coefficient (Wildman–Crippen LogP) is 5.87. The Hall–Kier alpha value is -3.03. The van der Waals surface area contributed by atoms with Crippen LogP contribution in [0.25, 0.3) is 0 Å². The summed E-state index contributed by atoms with van der Waals surface area (Å²) < 4.78 is 44.0. The highest BCUT2D eigenvalue weighted by molar-refractivity contribution is 5.94. The monoisotopic (exact) mass is 460 g/mol. The van der Waals surface area contributed by atoms with Gasteiger partial charge in [-0.3, -0.25) is 9.59 Å². The SMILES string of the molecule is O=C(Nc1ccccc1Oc1ccc(C(F)(F)F)cc1)C1CCN(C(=O)C2CCCC2)CC1. The minimum Gasteiger partial charge on any atom is -0.455 e. The largest absolute Gasteiger partial charge is 0.455 e. The van der Waals surface area contributed by atoms with Gasteiger partial charge in [-0.25, -0.2) is 0 Å². The lowest BCUT2D eigenvalue weighted by atomic mass is 9.94. The van der Waals surface area contributed by atoms with E-state index in [4.69, 9.17) is 4.74 Å². The van der Waals surface area contributed by atoms with E-state index in [1.165, 1.54) is 12.1 Å². The number of para-hydroxylation sites is 2. The van der Waals surface area contributed by atoms with Gasteiger partial charge in [-0.1, -0.05) is 25.0 Å². The molecule has 176 valence electrons. The highest BCUT2D eigenvalue weighted by Gasteiger charge is 2.32. The van der Waals surface area contributed by atoms with E-state index in [1.54, 1.807) is 24.3 Å². The minimum absolute atomic E-state index is 0.143. The molecule has 2 aromatic carbocycles. The Labute approximate surface area is 190 Å². The summed E-state index contributed by atoms with van der Waals surface area (Å²) in [7, 11) is 0. The maximum absolute atomic E-state index is 12.9. The number of nitrogens with zero attached hydrogens (tertiary/aromatic N) is 1. The number of piperidine rings is 1. The first-order chi connectivity index (χ1) is 15.8. The van der Waals surface area contributed by atoms with Gasteiger partial charge in [-0.05, 0) is 62.1 Å². The second-order valence-electron chi connectivity index (χ2n) is 8.69. The molecule has 0 aromatic heterocycles. The summed E-state index contributed by atoms with van der Waals surface area (Å²) in [6.45, 7) is 1.16. The van der Waals surface area contributed by atoms with Gasteiger partial charge in [0.25, 0.3) is 0 Å². The number of hydrogen-bond acceptors (Lipinski definition) is 3. The molecular formula is C25H27F3N2O3. The van der Waals surface area contributed by atoms with Crippen LogP contribution in [0.4, 0.5) is 18.9 Å². The molecule has 33 heavy (non-hydrogen) atoms. The molecule has 1 aliphatic heterocycles. The van der Waals surface area contributed by atoms with Crippen molar-refractivity contribution in [3.8, 4) is 11.5 Å². The number of rotatable bonds is 5. The number of amides is 2. The van der Waals surface area contributed by atoms with Crippen LogP contribution in [0.1, 0.15) is 44.1 Å². The summed E-state index contributed by atoms with van der Waals surface area (Å²) >= 11 is 0. The summed E-state index contributed by atoms with van der Waals surface area (Å²) in [6, 6.07) is 11.2. The van der Waals surface area contributed by atoms with E-state index in [-0.39, 0.29) is 29.4 Å². The number of hydrogen-bond donors (Lipinski definition) is 1. The van der Waals surface area contributed by atoms with Crippen LogP contribution in [0, 0.1) is 11.8 Å². The van der Waals surface area contributed by atoms with Crippen molar-refractivity contribution in [2.75, 3.05) is 18.4 Å². The maximum Gasteiger partial charge on any atom is 0.416 e. The van der Waals surface area contributed by atoms with Crippen LogP contribution in [0.5, 0.6) is 11.5 Å². The van der Waals surface area contributed by atoms with Crippen LogP contribution in [0.15, 0.2) is 48.5 Å². The Morgan fingerprint density at radius 2 is 1.52 bits per heavy atom. The Balaban J connectivity index is 1.35. The fourth-order valence-corrected chi connectivity index (χ4v) is 4.53. The smallest absolute Gasteiger partial charge is 0.416 e. The molecule has 1 saturated heterocycles. The van der Waals surface area contributed by atoms with E-state index in [9.17, 15) is 22.8 Å². The zero-order chi connectivity index (χ0) is 23.4. The predicted molar refractivity (Wildman–Crippen MR) is 118 cm³/mol. The van der Waals surface area contributed by atoms with Crippen LogP contribution in [0.2, 0.25) is 0 Å². The van der Waals surface area contributed by atoms with Gasteiger partial charge in [0.15, 0.2) is 5.75 Å². The van der Waals surface area contributed by atoms with Crippen molar-refractivity contribution in [2.45, 2.75) is 44.7 Å². The molecule has 2 amide bonds. The molecule has 1 aliphatic carbocycles. The molecule has 2 fully saturated rings. The maximum atomic E-state index is 12.9. The van der Waals surface area contributed by atoms with Crippen LogP contribution in [-0.4, -0.2) is 29.8 Å². The summed E-state index contributed by atoms with van der Waals surface area (Å²) in [4.78, 5) is 27.4. The summed E-state index contributed by atoms with van der Waals surface area (Å²) in [5.74, 6) is 0.595. The fourth-order valence-electron chi connectivity index (χ4n) is 4.53. The molecule has 0 radical (unpaired) electrons. The van der Waals surface area contributed by atoms with Gasteiger partial charge in [0.05, 0.1) is 11.3 Å². The second kappa shape index (κ2) is 9.85. The number of carbonyl (C=O) groups is 2. The summed E-state index contributed by atoms with van der Waals surface area (Å²) in [6.07, 6.45) is 0.955. The average Bonchev–Trinajstić information content (AvgIpc) is 3.35. The van der Waals surface area contributed by atoms with Gasteiger partial charge >= 0.3 is 6.18 Å². The van der Waals surface area contributed by atoms with E-state index in [0.29, 0.717) is 37.4 Å². The third kappa shape index (κ3) is 5.67. The van der Waals surface area contributed by atoms with Gasteiger partial charge in [-0.15, -0.1) is 0 Å². The van der Waals surface area contributed by atoms with Gasteiger partial charge in [-0.2, -0.15) is 13.2 Å². The van der Waals surface area contributed by atoms with Gasteiger partial charge < -0.3 is 15.0 Å². The minimum atomic E-state index is -4.41. The van der Waals surface area contributed by atoms with Crippen LogP contribution in [0.3, 0.4) is 0 Å². The van der Waals surface area contributed by atoms with E-state index in [1.807, 2.05) is 4.90 Å². The van der Waals surface area contributed by atoms with Crippen molar-refractivity contribution in [3.63, 3.8) is 0 Å². The number of likely N-dealkylation sites (tertiary alicyclic amines) is 1. The Morgan fingerprint density at radius 3 is 2.15 bits per heavy atom. The molecule has 1 heterocycles. The van der Waals surface area contributed by atoms with E-state index in [2.05, 4.69) is 5.32 Å². The van der Waals surface area contributed by atoms with Gasteiger partial charge in [0.2, 0.25) is 11.8 Å². The van der Waals surface area contributed by atoms with E-state index >= 15 is 0 Å². The number of ether oxygens (including phenoxy) is 1. The lowest BCUT2D eigenvalue weighted by Crippen LogP contribution is -2.43. The topological polar surface area (TPSA) is 58.6 Å². The zero-order valence-corrected chi connectivity index (χ0v) is 18.2. The second-order valence-corrected chi connectivity index (χ2v) is 8.69. The van der Waals surface area contributed by atoms with Crippen LogP contribution >= 0.6 is 0 Å². The lowest BCUT2D eigenvalue weighted by molar-refractivity contribution is -0.138. The quantitative estimate of drug-likeness (QED) is 0.608. The van der Waals surface area contributed by atoms with Crippen molar-refractivity contribution < 1.29 is 27.5 Å². The number of alkyl halides is 3. The molecule has 0 bridgehead atoms. The van der Waals surface area contributed by atoms with Crippen molar-refractivity contribution in [1.82, 2.24) is 4.90 Å². The normalized spacial score (nSPS) is 17.7. The molecule has 1 N–H and O–H groups in total.